The van der Waals surface area contributed by atoms with Gasteiger partial charge in [0.25, 0.3) is 5.56 Å². The Morgan fingerprint density at radius 2 is 2.17 bits per heavy atom. The van der Waals surface area contributed by atoms with Crippen LogP contribution in [0.2, 0.25) is 0 Å². The number of thioether (sulfide) groups is 1. The molecule has 2 N–H and O–H groups in total. The van der Waals surface area contributed by atoms with Gasteiger partial charge in [0.05, 0.1) is 11.1 Å². The fourth-order valence-electron chi connectivity index (χ4n) is 2.12. The number of fused-ring (bicyclic) bond motifs is 1. The topological polar surface area (TPSA) is 74.8 Å². The SMILES string of the molecule is Cc1cccc(NC(=O)CSc2nc3sccc3c(=O)[nH]2)c1C. The van der Waals surface area contributed by atoms with E-state index < -0.39 is 0 Å². The summed E-state index contributed by atoms with van der Waals surface area (Å²) >= 11 is 2.63. The van der Waals surface area contributed by atoms with Gasteiger partial charge >= 0.3 is 0 Å². The molecule has 0 saturated heterocycles. The van der Waals surface area contributed by atoms with Crippen molar-refractivity contribution in [2.75, 3.05) is 11.1 Å². The van der Waals surface area contributed by atoms with Gasteiger partial charge in [-0.1, -0.05) is 23.9 Å². The van der Waals surface area contributed by atoms with Crippen LogP contribution in [0.4, 0.5) is 5.69 Å². The van der Waals surface area contributed by atoms with Gasteiger partial charge in [-0.25, -0.2) is 4.98 Å². The van der Waals surface area contributed by atoms with Gasteiger partial charge < -0.3 is 10.3 Å². The molecule has 0 aliphatic carbocycles. The maximum atomic E-state index is 12.1. The van der Waals surface area contributed by atoms with Gasteiger partial charge in [-0.15, -0.1) is 11.3 Å². The van der Waals surface area contributed by atoms with Crippen LogP contribution < -0.4 is 10.9 Å². The predicted octanol–water partition coefficient (Wildman–Crippen LogP) is 3.33. The van der Waals surface area contributed by atoms with Crippen LogP contribution in [-0.2, 0) is 4.79 Å². The number of nitrogens with zero attached hydrogens (tertiary/aromatic N) is 1. The Balaban J connectivity index is 1.68. The summed E-state index contributed by atoms with van der Waals surface area (Å²) in [4.78, 5) is 31.7. The molecular weight excluding hydrogens is 330 g/mol. The third kappa shape index (κ3) is 3.46. The van der Waals surface area contributed by atoms with Crippen molar-refractivity contribution in [1.29, 1.82) is 0 Å². The van der Waals surface area contributed by atoms with E-state index in [-0.39, 0.29) is 17.2 Å². The van der Waals surface area contributed by atoms with E-state index in [1.165, 1.54) is 23.1 Å². The first kappa shape index (κ1) is 15.8. The van der Waals surface area contributed by atoms with Gasteiger partial charge in [0.2, 0.25) is 5.91 Å². The minimum atomic E-state index is -0.173. The van der Waals surface area contributed by atoms with Gasteiger partial charge in [0, 0.05) is 5.69 Å². The molecule has 0 bridgehead atoms. The molecule has 0 unspecified atom stereocenters. The number of H-pyrrole nitrogens is 1. The highest BCUT2D eigenvalue weighted by Gasteiger charge is 2.09. The lowest BCUT2D eigenvalue weighted by atomic mass is 10.1. The van der Waals surface area contributed by atoms with Crippen LogP contribution in [-0.4, -0.2) is 21.6 Å². The first-order valence-corrected chi connectivity index (χ1v) is 8.87. The molecule has 7 heteroatoms. The van der Waals surface area contributed by atoms with Gasteiger partial charge in [-0.3, -0.25) is 9.59 Å². The lowest BCUT2D eigenvalue weighted by Crippen LogP contribution is -2.16. The molecule has 3 rings (SSSR count). The van der Waals surface area contributed by atoms with Crippen LogP contribution in [0, 0.1) is 13.8 Å². The van der Waals surface area contributed by atoms with Crippen LogP contribution in [0.3, 0.4) is 0 Å². The van der Waals surface area contributed by atoms with Crippen molar-refractivity contribution >= 4 is 44.9 Å². The number of aromatic nitrogens is 2. The largest absolute Gasteiger partial charge is 0.325 e. The number of anilines is 1. The van der Waals surface area contributed by atoms with Crippen LogP contribution in [0.5, 0.6) is 0 Å². The molecule has 1 aromatic carbocycles. The Morgan fingerprint density at radius 1 is 1.35 bits per heavy atom. The third-order valence-electron chi connectivity index (χ3n) is 3.53. The number of rotatable bonds is 4. The standard InChI is InChI=1S/C16H15N3O2S2/c1-9-4-3-5-12(10(9)2)17-13(20)8-23-16-18-14(21)11-6-7-22-15(11)19-16/h3-7H,8H2,1-2H3,(H,17,20)(H,18,19,21). The van der Waals surface area contributed by atoms with E-state index in [9.17, 15) is 9.59 Å². The second-order valence-electron chi connectivity index (χ2n) is 5.09. The molecule has 5 nitrogen and oxygen atoms in total. The Labute approximate surface area is 141 Å². The average molecular weight is 345 g/mol. The molecule has 0 aliphatic rings. The smallest absolute Gasteiger partial charge is 0.260 e. The number of carbonyl (C=O) groups excluding carboxylic acids is 1. The van der Waals surface area contributed by atoms with Gasteiger partial charge in [-0.05, 0) is 42.5 Å². The Bertz CT molecular complexity index is 930. The number of aromatic amines is 1. The molecular formula is C16H15N3O2S2. The molecule has 0 atom stereocenters. The fraction of sp³-hybridized carbons (Fsp3) is 0.188. The van der Waals surface area contributed by atoms with Crippen LogP contribution in [0.15, 0.2) is 39.6 Å². The molecule has 2 aromatic heterocycles. The minimum absolute atomic E-state index is 0.127. The first-order chi connectivity index (χ1) is 11.0. The maximum Gasteiger partial charge on any atom is 0.260 e. The summed E-state index contributed by atoms with van der Waals surface area (Å²) in [6.07, 6.45) is 0. The second-order valence-corrected chi connectivity index (χ2v) is 6.95. The number of amides is 1. The van der Waals surface area contributed by atoms with E-state index in [1.54, 1.807) is 6.07 Å². The molecule has 0 fully saturated rings. The normalized spacial score (nSPS) is 10.9. The zero-order valence-electron chi connectivity index (χ0n) is 12.7. The Morgan fingerprint density at radius 3 is 3.00 bits per heavy atom. The zero-order chi connectivity index (χ0) is 16.4. The van der Waals surface area contributed by atoms with Crippen molar-refractivity contribution in [2.45, 2.75) is 19.0 Å². The number of aryl methyl sites for hydroxylation is 1. The monoisotopic (exact) mass is 345 g/mol. The molecule has 0 aliphatic heterocycles. The highest BCUT2D eigenvalue weighted by atomic mass is 32.2. The highest BCUT2D eigenvalue weighted by molar-refractivity contribution is 7.99. The first-order valence-electron chi connectivity index (χ1n) is 7.01. The number of benzene rings is 1. The van der Waals surface area contributed by atoms with Crippen molar-refractivity contribution in [3.8, 4) is 0 Å². The van der Waals surface area contributed by atoms with Crippen LogP contribution in [0.25, 0.3) is 10.2 Å². The summed E-state index contributed by atoms with van der Waals surface area (Å²) in [5.74, 6) is 0.0605. The lowest BCUT2D eigenvalue weighted by molar-refractivity contribution is -0.113. The summed E-state index contributed by atoms with van der Waals surface area (Å²) in [5.41, 5.74) is 2.82. The summed E-state index contributed by atoms with van der Waals surface area (Å²) in [6.45, 7) is 3.98. The molecule has 0 saturated carbocycles. The number of hydrogen-bond acceptors (Lipinski definition) is 5. The van der Waals surface area contributed by atoms with E-state index in [4.69, 9.17) is 0 Å². The maximum absolute atomic E-state index is 12.1. The number of thiophene rings is 1. The van der Waals surface area contributed by atoms with Crippen LogP contribution in [0.1, 0.15) is 11.1 Å². The quantitative estimate of drug-likeness (QED) is 0.562. The summed E-state index contributed by atoms with van der Waals surface area (Å²) in [6, 6.07) is 7.54. The number of carbonyl (C=O) groups is 1. The second kappa shape index (κ2) is 6.55. The molecule has 3 aromatic rings. The highest BCUT2D eigenvalue weighted by Crippen LogP contribution is 2.20. The van der Waals surface area contributed by atoms with Crippen molar-refractivity contribution in [2.24, 2.45) is 0 Å². The van der Waals surface area contributed by atoms with Crippen molar-refractivity contribution < 1.29 is 4.79 Å². The van der Waals surface area contributed by atoms with Crippen molar-refractivity contribution in [3.05, 3.63) is 51.1 Å². The number of hydrogen-bond donors (Lipinski definition) is 2. The van der Waals surface area contributed by atoms with E-state index >= 15 is 0 Å². The average Bonchev–Trinajstić information content (AvgIpc) is 2.99. The third-order valence-corrected chi connectivity index (χ3v) is 5.21. The molecule has 23 heavy (non-hydrogen) atoms. The van der Waals surface area contributed by atoms with E-state index in [0.717, 1.165) is 16.8 Å². The van der Waals surface area contributed by atoms with E-state index in [0.29, 0.717) is 15.4 Å². The summed E-state index contributed by atoms with van der Waals surface area (Å²) in [5, 5.41) is 5.76. The lowest BCUT2D eigenvalue weighted by Gasteiger charge is -2.10. The summed E-state index contributed by atoms with van der Waals surface area (Å²) < 4.78 is 0. The molecule has 0 radical (unpaired) electrons. The Kier molecular flexibility index (Phi) is 4.49. The van der Waals surface area contributed by atoms with Gasteiger partial charge in [0.1, 0.15) is 4.83 Å². The minimum Gasteiger partial charge on any atom is -0.325 e. The van der Waals surface area contributed by atoms with E-state index in [2.05, 4.69) is 15.3 Å². The summed E-state index contributed by atoms with van der Waals surface area (Å²) in [7, 11) is 0. The van der Waals surface area contributed by atoms with Crippen LogP contribution >= 0.6 is 23.1 Å². The molecule has 0 spiro atoms. The molecule has 1 amide bonds. The van der Waals surface area contributed by atoms with Crippen molar-refractivity contribution in [1.82, 2.24) is 9.97 Å². The molecule has 118 valence electrons. The fourth-order valence-corrected chi connectivity index (χ4v) is 3.60. The Hall–Kier alpha value is -2.12. The van der Waals surface area contributed by atoms with E-state index in [1.807, 2.05) is 37.4 Å². The van der Waals surface area contributed by atoms with Gasteiger partial charge in [-0.2, -0.15) is 0 Å². The number of nitrogens with one attached hydrogen (secondary N) is 2. The molecule has 2 heterocycles. The zero-order valence-corrected chi connectivity index (χ0v) is 14.3. The predicted molar refractivity (Wildman–Crippen MR) is 95.5 cm³/mol. The van der Waals surface area contributed by atoms with Crippen molar-refractivity contribution in [3.63, 3.8) is 0 Å². The van der Waals surface area contributed by atoms with Gasteiger partial charge in [0.15, 0.2) is 5.16 Å².